The Labute approximate surface area is 176 Å². The van der Waals surface area contributed by atoms with Crippen molar-refractivity contribution in [1.82, 2.24) is 0 Å². The van der Waals surface area contributed by atoms with Gasteiger partial charge in [0.05, 0.1) is 22.5 Å². The van der Waals surface area contributed by atoms with Crippen LogP contribution in [0.4, 0.5) is 0 Å². The van der Waals surface area contributed by atoms with E-state index in [2.05, 4.69) is 20.8 Å². The molecule has 0 aromatic heterocycles. The monoisotopic (exact) mass is 428 g/mol. The second-order valence-electron chi connectivity index (χ2n) is 6.64. The average molecular weight is 430 g/mol. The average Bonchev–Trinajstić information content (AvgIpc) is 2.65. The molecule has 0 amide bonds. The zero-order valence-electron chi connectivity index (χ0n) is 15.3. The highest BCUT2D eigenvalue weighted by molar-refractivity contribution is 6.37. The fraction of sp³-hybridized carbons (Fsp3) is 0.333. The van der Waals surface area contributed by atoms with Crippen LogP contribution in [0.2, 0.25) is 10.0 Å². The largest absolute Gasteiger partial charge is 0.493 e. The second-order valence-corrected chi connectivity index (χ2v) is 7.76. The maximum atomic E-state index is 9.55. The van der Waals surface area contributed by atoms with Gasteiger partial charge in [0.25, 0.3) is 0 Å². The number of hydrogen-bond acceptors (Lipinski definition) is 3. The summed E-state index contributed by atoms with van der Waals surface area (Å²) in [6.07, 6.45) is 0.925. The van der Waals surface area contributed by atoms with Crippen molar-refractivity contribution in [2.75, 3.05) is 19.1 Å². The number of aliphatic hydroxyl groups excluding tert-OH is 1. The second kappa shape index (κ2) is 9.88. The third-order valence-electron chi connectivity index (χ3n) is 4.26. The molecular weight excluding hydrogens is 407 g/mol. The van der Waals surface area contributed by atoms with E-state index in [0.29, 0.717) is 22.4 Å². The maximum Gasteiger partial charge on any atom is 0.156 e. The maximum absolute atomic E-state index is 9.55. The Morgan fingerprint density at radius 2 is 1.67 bits per heavy atom. The van der Waals surface area contributed by atoms with Crippen LogP contribution in [0.5, 0.6) is 11.5 Å². The molecule has 146 valence electrons. The fourth-order valence-corrected chi connectivity index (χ4v) is 3.26. The van der Waals surface area contributed by atoms with Crippen molar-refractivity contribution in [2.24, 2.45) is 0 Å². The van der Waals surface area contributed by atoms with Gasteiger partial charge in [0, 0.05) is 5.41 Å². The highest BCUT2D eigenvalue weighted by atomic mass is 35.5. The molecule has 27 heavy (non-hydrogen) atoms. The normalized spacial score (nSPS) is 12.7. The van der Waals surface area contributed by atoms with E-state index in [-0.39, 0.29) is 17.9 Å². The number of alkyl halides is 1. The number of ether oxygens (including phenoxy) is 2. The van der Waals surface area contributed by atoms with E-state index in [9.17, 15) is 5.11 Å². The highest BCUT2D eigenvalue weighted by Crippen LogP contribution is 2.40. The van der Waals surface area contributed by atoms with E-state index in [1.807, 2.05) is 36.4 Å². The van der Waals surface area contributed by atoms with Crippen LogP contribution < -0.4 is 9.47 Å². The Kier molecular flexibility index (Phi) is 8.11. The summed E-state index contributed by atoms with van der Waals surface area (Å²) in [6.45, 7) is 8.31. The fourth-order valence-electron chi connectivity index (χ4n) is 2.57. The van der Waals surface area contributed by atoms with Gasteiger partial charge in [0.2, 0.25) is 0 Å². The number of halogens is 3. The molecule has 0 aliphatic carbocycles. The lowest BCUT2D eigenvalue weighted by molar-refractivity contribution is 0.125. The summed E-state index contributed by atoms with van der Waals surface area (Å²) in [6, 6.07) is 11.5. The van der Waals surface area contributed by atoms with Gasteiger partial charge in [-0.1, -0.05) is 49.2 Å². The summed E-state index contributed by atoms with van der Waals surface area (Å²) in [7, 11) is 0. The summed E-state index contributed by atoms with van der Waals surface area (Å²) in [5, 5.41) is 10.3. The first-order chi connectivity index (χ1) is 12.8. The van der Waals surface area contributed by atoms with Crippen LogP contribution in [0.3, 0.4) is 0 Å². The van der Waals surface area contributed by atoms with E-state index < -0.39 is 6.10 Å². The highest BCUT2D eigenvalue weighted by Gasteiger charge is 2.26. The summed E-state index contributed by atoms with van der Waals surface area (Å²) < 4.78 is 11.1. The Hall–Kier alpha value is -1.13. The van der Waals surface area contributed by atoms with Crippen molar-refractivity contribution >= 4 is 34.8 Å². The lowest BCUT2D eigenvalue weighted by atomic mass is 9.78. The lowest BCUT2D eigenvalue weighted by Crippen LogP contribution is -2.20. The number of aliphatic hydroxyl groups is 1. The Balaban J connectivity index is 2.25. The minimum Gasteiger partial charge on any atom is -0.493 e. The van der Waals surface area contributed by atoms with Crippen LogP contribution in [0.1, 0.15) is 25.0 Å². The number of hydrogen-bond donors (Lipinski definition) is 1. The molecule has 0 aliphatic heterocycles. The van der Waals surface area contributed by atoms with Gasteiger partial charge in [-0.05, 0) is 48.7 Å². The molecule has 1 N–H and O–H groups in total. The van der Waals surface area contributed by atoms with Gasteiger partial charge >= 0.3 is 0 Å². The van der Waals surface area contributed by atoms with E-state index in [4.69, 9.17) is 44.3 Å². The standard InChI is InChI=1S/C21H23Cl3O3/c1-4-9-26-17-7-5-14(6-8-17)21(2,3)15-10-18(23)20(19(24)11-15)27-13-16(25)12-22/h4-8,10-11,16,25H,1,9,12-13H2,2-3H3/t16-/m1/s1. The molecule has 6 heteroatoms. The van der Waals surface area contributed by atoms with Gasteiger partial charge in [0.15, 0.2) is 5.75 Å². The van der Waals surface area contributed by atoms with Gasteiger partial charge in [-0.15, -0.1) is 11.6 Å². The van der Waals surface area contributed by atoms with Crippen molar-refractivity contribution < 1.29 is 14.6 Å². The SMILES string of the molecule is [CH2][CH]COc1ccc(C(C)(C)c2cc(Cl)c(OC[C@H](O)CCl)c(Cl)c2)cc1. The number of rotatable bonds is 9. The Morgan fingerprint density at radius 3 is 2.19 bits per heavy atom. The van der Waals surface area contributed by atoms with Crippen LogP contribution in [-0.4, -0.2) is 30.3 Å². The predicted octanol–water partition coefficient (Wildman–Crippen LogP) is 5.71. The van der Waals surface area contributed by atoms with Gasteiger partial charge < -0.3 is 14.6 Å². The van der Waals surface area contributed by atoms with Crippen molar-refractivity contribution in [3.05, 3.63) is 70.9 Å². The molecule has 2 aromatic rings. The zero-order chi connectivity index (χ0) is 20.0. The summed E-state index contributed by atoms with van der Waals surface area (Å²) in [5.74, 6) is 1.20. The smallest absolute Gasteiger partial charge is 0.156 e. The zero-order valence-corrected chi connectivity index (χ0v) is 17.6. The van der Waals surface area contributed by atoms with Crippen molar-refractivity contribution in [3.63, 3.8) is 0 Å². The molecule has 0 saturated heterocycles. The third kappa shape index (κ3) is 5.68. The van der Waals surface area contributed by atoms with Crippen LogP contribution in [-0.2, 0) is 5.41 Å². The van der Waals surface area contributed by atoms with E-state index >= 15 is 0 Å². The molecule has 0 aliphatic rings. The molecule has 0 fully saturated rings. The summed E-state index contributed by atoms with van der Waals surface area (Å²) in [4.78, 5) is 0. The molecule has 0 saturated carbocycles. The van der Waals surface area contributed by atoms with Crippen molar-refractivity contribution in [3.8, 4) is 11.5 Å². The Bertz CT molecular complexity index is 722. The molecule has 1 atom stereocenters. The van der Waals surface area contributed by atoms with E-state index in [0.717, 1.165) is 16.9 Å². The van der Waals surface area contributed by atoms with Gasteiger partial charge in [-0.25, -0.2) is 0 Å². The predicted molar refractivity (Wildman–Crippen MR) is 112 cm³/mol. The van der Waals surface area contributed by atoms with Crippen LogP contribution >= 0.6 is 34.8 Å². The molecule has 2 aromatic carbocycles. The molecule has 0 spiro atoms. The lowest BCUT2D eigenvalue weighted by Gasteiger charge is -2.27. The minimum atomic E-state index is -0.781. The van der Waals surface area contributed by atoms with E-state index in [1.54, 1.807) is 6.42 Å². The first-order valence-electron chi connectivity index (χ1n) is 8.50. The molecule has 3 nitrogen and oxygen atoms in total. The molecular formula is C21H23Cl3O3. The topological polar surface area (TPSA) is 38.7 Å². The van der Waals surface area contributed by atoms with Gasteiger partial charge in [-0.3, -0.25) is 0 Å². The molecule has 2 radical (unpaired) electrons. The van der Waals surface area contributed by atoms with Crippen molar-refractivity contribution in [2.45, 2.75) is 25.4 Å². The van der Waals surface area contributed by atoms with Gasteiger partial charge in [0.1, 0.15) is 18.5 Å². The minimum absolute atomic E-state index is 0.0256. The first kappa shape index (κ1) is 22.2. The number of benzene rings is 2. The third-order valence-corrected chi connectivity index (χ3v) is 5.18. The molecule has 0 unspecified atom stereocenters. The first-order valence-corrected chi connectivity index (χ1v) is 9.79. The quantitative estimate of drug-likeness (QED) is 0.518. The van der Waals surface area contributed by atoms with Crippen LogP contribution in [0.25, 0.3) is 0 Å². The van der Waals surface area contributed by atoms with Crippen molar-refractivity contribution in [1.29, 1.82) is 0 Å². The molecule has 0 bridgehead atoms. The van der Waals surface area contributed by atoms with Crippen LogP contribution in [0.15, 0.2) is 36.4 Å². The summed E-state index contributed by atoms with van der Waals surface area (Å²) >= 11 is 18.3. The van der Waals surface area contributed by atoms with Gasteiger partial charge in [-0.2, -0.15) is 0 Å². The molecule has 0 heterocycles. The summed E-state index contributed by atoms with van der Waals surface area (Å²) in [5.41, 5.74) is 1.70. The van der Waals surface area contributed by atoms with E-state index in [1.165, 1.54) is 0 Å². The van der Waals surface area contributed by atoms with Crippen LogP contribution in [0, 0.1) is 13.3 Å². The molecule has 2 rings (SSSR count). The Morgan fingerprint density at radius 1 is 1.07 bits per heavy atom.